The molecule has 0 aliphatic carbocycles. The van der Waals surface area contributed by atoms with Crippen molar-refractivity contribution in [1.29, 1.82) is 0 Å². The molecular formula is C18H21BrClN3O2. The van der Waals surface area contributed by atoms with Gasteiger partial charge in [-0.1, -0.05) is 22.0 Å². The van der Waals surface area contributed by atoms with Crippen molar-refractivity contribution >= 4 is 34.2 Å². The molecule has 0 radical (unpaired) electrons. The fourth-order valence-corrected chi connectivity index (χ4v) is 3.10. The molecule has 1 aromatic carbocycles. The van der Waals surface area contributed by atoms with Crippen LogP contribution >= 0.6 is 28.3 Å². The van der Waals surface area contributed by atoms with Crippen molar-refractivity contribution in [3.05, 3.63) is 58.8 Å². The number of halogens is 2. The summed E-state index contributed by atoms with van der Waals surface area (Å²) in [7, 11) is 0. The van der Waals surface area contributed by atoms with Gasteiger partial charge in [0.1, 0.15) is 5.75 Å². The van der Waals surface area contributed by atoms with Crippen LogP contribution in [0.1, 0.15) is 18.5 Å². The third kappa shape index (κ3) is 4.93. The van der Waals surface area contributed by atoms with Crippen molar-refractivity contribution in [2.45, 2.75) is 19.1 Å². The van der Waals surface area contributed by atoms with Gasteiger partial charge in [0.05, 0.1) is 6.04 Å². The predicted octanol–water partition coefficient (Wildman–Crippen LogP) is 3.21. The predicted molar refractivity (Wildman–Crippen MR) is 103 cm³/mol. The van der Waals surface area contributed by atoms with Gasteiger partial charge in [-0.15, -0.1) is 12.4 Å². The van der Waals surface area contributed by atoms with Crippen LogP contribution in [0.5, 0.6) is 5.75 Å². The second kappa shape index (κ2) is 9.17. The van der Waals surface area contributed by atoms with Gasteiger partial charge in [-0.2, -0.15) is 0 Å². The Balaban J connectivity index is 0.00000225. The molecule has 2 heterocycles. The Kier molecular flexibility index (Phi) is 7.23. The molecule has 5 nitrogen and oxygen atoms in total. The highest BCUT2D eigenvalue weighted by Gasteiger charge is 2.31. The standard InChI is InChI=1S/C18H20BrN3O2.ClH/c1-13(24-16-6-4-15(19)5-7-16)18(23)22-10-9-21-12-17(22)14-3-2-8-20-11-14;/h2-8,11,13,17,21H,9-10,12H2,1H3;1H. The first kappa shape index (κ1) is 19.7. The molecule has 1 aliphatic rings. The number of pyridine rings is 1. The maximum Gasteiger partial charge on any atom is 0.263 e. The molecule has 25 heavy (non-hydrogen) atoms. The molecule has 1 N–H and O–H groups in total. The highest BCUT2D eigenvalue weighted by Crippen LogP contribution is 2.24. The minimum absolute atomic E-state index is 0. The van der Waals surface area contributed by atoms with Crippen molar-refractivity contribution in [1.82, 2.24) is 15.2 Å². The van der Waals surface area contributed by atoms with Gasteiger partial charge in [-0.25, -0.2) is 0 Å². The summed E-state index contributed by atoms with van der Waals surface area (Å²) < 4.78 is 6.80. The van der Waals surface area contributed by atoms with Crippen molar-refractivity contribution in [2.24, 2.45) is 0 Å². The van der Waals surface area contributed by atoms with E-state index in [9.17, 15) is 4.79 Å². The second-order valence-electron chi connectivity index (χ2n) is 5.75. The van der Waals surface area contributed by atoms with Crippen LogP contribution in [0, 0.1) is 0 Å². The van der Waals surface area contributed by atoms with E-state index in [1.807, 2.05) is 47.5 Å². The summed E-state index contributed by atoms with van der Waals surface area (Å²) in [5.74, 6) is 0.681. The van der Waals surface area contributed by atoms with E-state index in [0.29, 0.717) is 12.3 Å². The van der Waals surface area contributed by atoms with Gasteiger partial charge in [-0.05, 0) is 42.8 Å². The van der Waals surface area contributed by atoms with Crippen LogP contribution in [-0.4, -0.2) is 41.5 Å². The summed E-state index contributed by atoms with van der Waals surface area (Å²) in [6.45, 7) is 3.97. The van der Waals surface area contributed by atoms with E-state index in [4.69, 9.17) is 4.74 Å². The second-order valence-corrected chi connectivity index (χ2v) is 6.67. The van der Waals surface area contributed by atoms with Gasteiger partial charge in [-0.3, -0.25) is 9.78 Å². The minimum atomic E-state index is -0.538. The van der Waals surface area contributed by atoms with Gasteiger partial charge < -0.3 is 15.0 Å². The first-order valence-corrected chi connectivity index (χ1v) is 8.78. The third-order valence-electron chi connectivity index (χ3n) is 4.07. The van der Waals surface area contributed by atoms with Crippen molar-refractivity contribution in [3.63, 3.8) is 0 Å². The number of amides is 1. The molecule has 1 fully saturated rings. The topological polar surface area (TPSA) is 54.5 Å². The smallest absolute Gasteiger partial charge is 0.263 e. The molecule has 0 spiro atoms. The Morgan fingerprint density at radius 1 is 1.36 bits per heavy atom. The van der Waals surface area contributed by atoms with E-state index in [-0.39, 0.29) is 24.4 Å². The number of nitrogens with one attached hydrogen (secondary N) is 1. The Morgan fingerprint density at radius 3 is 2.80 bits per heavy atom. The highest BCUT2D eigenvalue weighted by molar-refractivity contribution is 9.10. The molecule has 0 saturated carbocycles. The monoisotopic (exact) mass is 425 g/mol. The SMILES string of the molecule is CC(Oc1ccc(Br)cc1)C(=O)N1CCNCC1c1cccnc1.Cl. The number of nitrogens with zero attached hydrogens (tertiary/aromatic N) is 2. The molecule has 1 amide bonds. The van der Waals surface area contributed by atoms with E-state index < -0.39 is 6.10 Å². The van der Waals surface area contributed by atoms with Crippen LogP contribution in [0.3, 0.4) is 0 Å². The maximum atomic E-state index is 12.9. The van der Waals surface area contributed by atoms with Gasteiger partial charge >= 0.3 is 0 Å². The first-order chi connectivity index (χ1) is 11.6. The summed E-state index contributed by atoms with van der Waals surface area (Å²) >= 11 is 3.39. The molecule has 1 saturated heterocycles. The van der Waals surface area contributed by atoms with Gasteiger partial charge in [0.15, 0.2) is 6.10 Å². The Hall–Kier alpha value is -1.63. The van der Waals surface area contributed by atoms with Crippen molar-refractivity contribution < 1.29 is 9.53 Å². The van der Waals surface area contributed by atoms with E-state index >= 15 is 0 Å². The Labute approximate surface area is 162 Å². The largest absolute Gasteiger partial charge is 0.481 e. The number of piperazine rings is 1. The molecule has 134 valence electrons. The number of ether oxygens (including phenoxy) is 1. The molecular weight excluding hydrogens is 406 g/mol. The zero-order valence-electron chi connectivity index (χ0n) is 13.9. The fourth-order valence-electron chi connectivity index (χ4n) is 2.84. The summed E-state index contributed by atoms with van der Waals surface area (Å²) in [4.78, 5) is 19.0. The van der Waals surface area contributed by atoms with Gasteiger partial charge in [0, 0.05) is 36.5 Å². The number of carbonyl (C=O) groups excluding carboxylic acids is 1. The summed E-state index contributed by atoms with van der Waals surface area (Å²) in [6.07, 6.45) is 3.02. The molecule has 2 unspecified atom stereocenters. The minimum Gasteiger partial charge on any atom is -0.481 e. The average Bonchev–Trinajstić information content (AvgIpc) is 2.63. The maximum absolute atomic E-state index is 12.9. The molecule has 2 aromatic rings. The quantitative estimate of drug-likeness (QED) is 0.816. The van der Waals surface area contributed by atoms with Crippen LogP contribution in [0.25, 0.3) is 0 Å². The summed E-state index contributed by atoms with van der Waals surface area (Å²) in [5, 5.41) is 3.35. The van der Waals surface area contributed by atoms with Crippen molar-refractivity contribution in [3.8, 4) is 5.75 Å². The normalized spacial score (nSPS) is 18.2. The number of benzene rings is 1. The lowest BCUT2D eigenvalue weighted by atomic mass is 10.0. The number of hydrogen-bond acceptors (Lipinski definition) is 4. The van der Waals surface area contributed by atoms with Crippen LogP contribution in [0.2, 0.25) is 0 Å². The lowest BCUT2D eigenvalue weighted by Crippen LogP contribution is -2.52. The lowest BCUT2D eigenvalue weighted by molar-refractivity contribution is -0.141. The van der Waals surface area contributed by atoms with Gasteiger partial charge in [0.2, 0.25) is 0 Å². The summed E-state index contributed by atoms with van der Waals surface area (Å²) in [5.41, 5.74) is 1.04. The Morgan fingerprint density at radius 2 is 2.12 bits per heavy atom. The van der Waals surface area contributed by atoms with Crippen LogP contribution in [0.4, 0.5) is 0 Å². The molecule has 3 rings (SSSR count). The number of carbonyl (C=O) groups is 1. The summed E-state index contributed by atoms with van der Waals surface area (Å²) in [6, 6.07) is 11.4. The molecule has 2 atom stereocenters. The number of rotatable bonds is 4. The molecule has 7 heteroatoms. The van der Waals surface area contributed by atoms with E-state index in [1.54, 1.807) is 13.1 Å². The van der Waals surface area contributed by atoms with Crippen LogP contribution in [0.15, 0.2) is 53.3 Å². The zero-order valence-corrected chi connectivity index (χ0v) is 16.3. The highest BCUT2D eigenvalue weighted by atomic mass is 79.9. The van der Waals surface area contributed by atoms with Crippen LogP contribution < -0.4 is 10.1 Å². The average molecular weight is 427 g/mol. The first-order valence-electron chi connectivity index (χ1n) is 7.98. The fraction of sp³-hybridized carbons (Fsp3) is 0.333. The molecule has 0 bridgehead atoms. The van der Waals surface area contributed by atoms with Gasteiger partial charge in [0.25, 0.3) is 5.91 Å². The van der Waals surface area contributed by atoms with Crippen LogP contribution in [-0.2, 0) is 4.79 Å². The zero-order chi connectivity index (χ0) is 16.9. The number of hydrogen-bond donors (Lipinski definition) is 1. The molecule has 1 aliphatic heterocycles. The van der Waals surface area contributed by atoms with E-state index in [0.717, 1.165) is 23.1 Å². The van der Waals surface area contributed by atoms with E-state index in [1.165, 1.54) is 0 Å². The van der Waals surface area contributed by atoms with Crippen molar-refractivity contribution in [2.75, 3.05) is 19.6 Å². The third-order valence-corrected chi connectivity index (χ3v) is 4.60. The molecule has 1 aromatic heterocycles. The number of aromatic nitrogens is 1. The Bertz CT molecular complexity index is 684. The lowest BCUT2D eigenvalue weighted by Gasteiger charge is -2.37. The van der Waals surface area contributed by atoms with E-state index in [2.05, 4.69) is 26.2 Å².